The highest BCUT2D eigenvalue weighted by atomic mass is 35.5. The number of alkyl halides is 1. The number of halogens is 1. The minimum Gasteiger partial charge on any atom is -0.190 e. The van der Waals surface area contributed by atoms with E-state index in [9.17, 15) is 0 Å². The Kier molecular flexibility index (Phi) is 2.23. The average molecular weight is 203 g/mol. The van der Waals surface area contributed by atoms with Crippen LogP contribution < -0.4 is 0 Å². The highest BCUT2D eigenvalue weighted by Crippen LogP contribution is 2.13. The van der Waals surface area contributed by atoms with Gasteiger partial charge in [0, 0.05) is 12.3 Å². The predicted molar refractivity (Wildman–Crippen MR) is 47.7 cm³/mol. The van der Waals surface area contributed by atoms with Crippen molar-refractivity contribution in [2.24, 2.45) is 0 Å². The lowest BCUT2D eigenvalue weighted by Gasteiger charge is -1.87. The summed E-state index contributed by atoms with van der Waals surface area (Å²) in [7, 11) is 0. The SMILES string of the molecule is ClCCCc1nn2cnnc2s1. The summed E-state index contributed by atoms with van der Waals surface area (Å²) in [4.78, 5) is 0.847. The summed E-state index contributed by atoms with van der Waals surface area (Å²) in [6.07, 6.45) is 3.50. The monoisotopic (exact) mass is 202 g/mol. The Hall–Kier alpha value is -0.680. The highest BCUT2D eigenvalue weighted by molar-refractivity contribution is 7.16. The Morgan fingerprint density at radius 2 is 2.50 bits per heavy atom. The van der Waals surface area contributed by atoms with Crippen molar-refractivity contribution < 1.29 is 0 Å². The molecule has 0 aliphatic carbocycles. The van der Waals surface area contributed by atoms with Gasteiger partial charge in [0.2, 0.25) is 4.96 Å². The number of hydrogen-bond acceptors (Lipinski definition) is 4. The number of aromatic nitrogens is 4. The first kappa shape index (κ1) is 7.94. The Bertz CT molecular complexity index is 340. The average Bonchev–Trinajstić information content (AvgIpc) is 2.58. The quantitative estimate of drug-likeness (QED) is 0.706. The largest absolute Gasteiger partial charge is 0.234 e. The van der Waals surface area contributed by atoms with Gasteiger partial charge in [-0.25, -0.2) is 0 Å². The molecule has 0 radical (unpaired) electrons. The molecule has 64 valence electrons. The van der Waals surface area contributed by atoms with Crippen molar-refractivity contribution in [2.75, 3.05) is 5.88 Å². The van der Waals surface area contributed by atoms with Crippen LogP contribution in [0.15, 0.2) is 6.33 Å². The van der Waals surface area contributed by atoms with Crippen LogP contribution in [0.4, 0.5) is 0 Å². The fourth-order valence-corrected chi connectivity index (χ4v) is 1.91. The van der Waals surface area contributed by atoms with E-state index in [4.69, 9.17) is 11.6 Å². The van der Waals surface area contributed by atoms with Crippen LogP contribution >= 0.6 is 22.9 Å². The van der Waals surface area contributed by atoms with Crippen LogP contribution in [0.25, 0.3) is 4.96 Å². The summed E-state index contributed by atoms with van der Waals surface area (Å²) in [5.74, 6) is 0.681. The van der Waals surface area contributed by atoms with Gasteiger partial charge in [0.1, 0.15) is 11.3 Å². The normalized spacial score (nSPS) is 11.1. The van der Waals surface area contributed by atoms with Gasteiger partial charge in [-0.15, -0.1) is 21.8 Å². The van der Waals surface area contributed by atoms with E-state index in [1.807, 2.05) is 0 Å². The standard InChI is InChI=1S/C6H7ClN4S/c7-3-1-2-5-10-11-4-8-9-6(11)12-5/h4H,1-3H2. The Morgan fingerprint density at radius 1 is 1.58 bits per heavy atom. The van der Waals surface area contributed by atoms with Gasteiger partial charge in [0.25, 0.3) is 0 Å². The van der Waals surface area contributed by atoms with E-state index in [2.05, 4.69) is 15.3 Å². The minimum absolute atomic E-state index is 0.681. The van der Waals surface area contributed by atoms with Crippen LogP contribution in [0.1, 0.15) is 11.4 Å². The molecule has 0 aromatic carbocycles. The molecular weight excluding hydrogens is 196 g/mol. The van der Waals surface area contributed by atoms with E-state index < -0.39 is 0 Å². The molecule has 0 spiro atoms. The van der Waals surface area contributed by atoms with Crippen molar-refractivity contribution in [3.05, 3.63) is 11.3 Å². The number of rotatable bonds is 3. The first-order chi connectivity index (χ1) is 5.90. The molecule has 0 saturated heterocycles. The van der Waals surface area contributed by atoms with Crippen molar-refractivity contribution in [1.29, 1.82) is 0 Å². The van der Waals surface area contributed by atoms with Crippen LogP contribution in [0, 0.1) is 0 Å². The topological polar surface area (TPSA) is 43.1 Å². The molecule has 6 heteroatoms. The van der Waals surface area contributed by atoms with Gasteiger partial charge in [0.15, 0.2) is 0 Å². The smallest absolute Gasteiger partial charge is 0.190 e. The zero-order valence-electron chi connectivity index (χ0n) is 6.27. The lowest BCUT2D eigenvalue weighted by molar-refractivity contribution is 0.847. The summed E-state index contributed by atoms with van der Waals surface area (Å²) in [5.41, 5.74) is 0. The summed E-state index contributed by atoms with van der Waals surface area (Å²) in [6.45, 7) is 0. The maximum atomic E-state index is 5.57. The first-order valence-corrected chi connectivity index (χ1v) is 4.97. The molecule has 0 N–H and O–H groups in total. The lowest BCUT2D eigenvalue weighted by atomic mass is 10.4. The summed E-state index contributed by atoms with van der Waals surface area (Å²) >= 11 is 7.13. The van der Waals surface area contributed by atoms with Crippen LogP contribution in [0.5, 0.6) is 0 Å². The van der Waals surface area contributed by atoms with Crippen LogP contribution in [0.3, 0.4) is 0 Å². The van der Waals surface area contributed by atoms with Crippen molar-refractivity contribution in [3.63, 3.8) is 0 Å². The summed E-state index contributed by atoms with van der Waals surface area (Å²) < 4.78 is 1.69. The van der Waals surface area contributed by atoms with E-state index in [-0.39, 0.29) is 0 Å². The molecule has 2 rings (SSSR count). The summed E-state index contributed by atoms with van der Waals surface area (Å²) in [6, 6.07) is 0. The molecule has 0 saturated carbocycles. The van der Waals surface area contributed by atoms with E-state index in [0.717, 1.165) is 22.8 Å². The van der Waals surface area contributed by atoms with Gasteiger partial charge in [0.05, 0.1) is 0 Å². The molecule has 0 amide bonds. The highest BCUT2D eigenvalue weighted by Gasteiger charge is 2.03. The fraction of sp³-hybridized carbons (Fsp3) is 0.500. The van der Waals surface area contributed by atoms with Crippen LogP contribution in [0.2, 0.25) is 0 Å². The zero-order chi connectivity index (χ0) is 8.39. The molecule has 2 aromatic heterocycles. The second-order valence-corrected chi connectivity index (χ2v) is 3.76. The molecule has 0 aliphatic heterocycles. The van der Waals surface area contributed by atoms with Crippen molar-refractivity contribution in [3.8, 4) is 0 Å². The zero-order valence-corrected chi connectivity index (χ0v) is 7.85. The minimum atomic E-state index is 0.681. The molecule has 0 aliphatic rings. The van der Waals surface area contributed by atoms with Gasteiger partial charge in [-0.3, -0.25) is 0 Å². The molecule has 0 atom stereocenters. The molecule has 0 unspecified atom stereocenters. The molecule has 2 heterocycles. The third-order valence-electron chi connectivity index (χ3n) is 1.45. The second-order valence-electron chi connectivity index (χ2n) is 2.35. The Morgan fingerprint density at radius 3 is 3.25 bits per heavy atom. The molecule has 0 fully saturated rings. The van der Waals surface area contributed by atoms with Crippen LogP contribution in [-0.4, -0.2) is 25.7 Å². The Balaban J connectivity index is 2.21. The van der Waals surface area contributed by atoms with Crippen molar-refractivity contribution in [1.82, 2.24) is 19.8 Å². The molecule has 12 heavy (non-hydrogen) atoms. The maximum absolute atomic E-state index is 5.57. The summed E-state index contributed by atoms with van der Waals surface area (Å²) in [5, 5.41) is 12.9. The van der Waals surface area contributed by atoms with Gasteiger partial charge < -0.3 is 0 Å². The van der Waals surface area contributed by atoms with E-state index in [1.54, 1.807) is 22.2 Å². The number of hydrogen-bond donors (Lipinski definition) is 0. The molecule has 4 nitrogen and oxygen atoms in total. The van der Waals surface area contributed by atoms with Crippen molar-refractivity contribution in [2.45, 2.75) is 12.8 Å². The molecular formula is C6H7ClN4S. The van der Waals surface area contributed by atoms with E-state index >= 15 is 0 Å². The van der Waals surface area contributed by atoms with Gasteiger partial charge in [-0.2, -0.15) is 9.61 Å². The Labute approximate surface area is 78.2 Å². The predicted octanol–water partition coefficient (Wildman–Crippen LogP) is 1.36. The number of aryl methyl sites for hydroxylation is 1. The lowest BCUT2D eigenvalue weighted by Crippen LogP contribution is -1.87. The second kappa shape index (κ2) is 3.37. The van der Waals surface area contributed by atoms with Crippen molar-refractivity contribution >= 4 is 27.9 Å². The fourth-order valence-electron chi connectivity index (χ4n) is 0.920. The third kappa shape index (κ3) is 1.42. The van der Waals surface area contributed by atoms with Gasteiger partial charge in [-0.05, 0) is 6.42 Å². The van der Waals surface area contributed by atoms with Gasteiger partial charge >= 0.3 is 0 Å². The first-order valence-electron chi connectivity index (χ1n) is 3.62. The maximum Gasteiger partial charge on any atom is 0.234 e. The van der Waals surface area contributed by atoms with Gasteiger partial charge in [-0.1, -0.05) is 11.3 Å². The number of nitrogens with zero attached hydrogens (tertiary/aromatic N) is 4. The van der Waals surface area contributed by atoms with E-state index in [0.29, 0.717) is 5.88 Å². The molecule has 2 aromatic rings. The number of fused-ring (bicyclic) bond motifs is 1. The molecule has 0 bridgehead atoms. The van der Waals surface area contributed by atoms with Crippen LogP contribution in [-0.2, 0) is 6.42 Å². The van der Waals surface area contributed by atoms with E-state index in [1.165, 1.54) is 0 Å². The third-order valence-corrected chi connectivity index (χ3v) is 2.69.